The van der Waals surface area contributed by atoms with Crippen LogP contribution in [0.2, 0.25) is 0 Å². The molecule has 2 fully saturated rings. The second-order valence-electron chi connectivity index (χ2n) is 7.89. The van der Waals surface area contributed by atoms with Crippen molar-refractivity contribution in [2.45, 2.75) is 26.3 Å². The van der Waals surface area contributed by atoms with Crippen molar-refractivity contribution < 1.29 is 34.4 Å². The van der Waals surface area contributed by atoms with E-state index in [2.05, 4.69) is 21.6 Å². The van der Waals surface area contributed by atoms with E-state index in [0.717, 1.165) is 64.2 Å². The third-order valence-corrected chi connectivity index (χ3v) is 5.95. The third kappa shape index (κ3) is 7.10. The maximum atomic E-state index is 12.8. The fourth-order valence-electron chi connectivity index (χ4n) is 3.98. The lowest BCUT2D eigenvalue weighted by Crippen LogP contribution is -2.51. The van der Waals surface area contributed by atoms with Crippen molar-refractivity contribution in [3.8, 4) is 11.5 Å². The monoisotopic (exact) mass is 451 g/mol. The van der Waals surface area contributed by atoms with Crippen molar-refractivity contribution in [1.82, 2.24) is 14.7 Å². The number of phenols is 1. The van der Waals surface area contributed by atoms with E-state index in [1.54, 1.807) is 13.2 Å². The van der Waals surface area contributed by atoms with Crippen molar-refractivity contribution in [2.24, 2.45) is 5.92 Å². The van der Waals surface area contributed by atoms with Crippen molar-refractivity contribution in [3.05, 3.63) is 23.8 Å². The highest BCUT2D eigenvalue weighted by Crippen LogP contribution is 2.31. The lowest BCUT2D eigenvalue weighted by atomic mass is 9.94. The van der Waals surface area contributed by atoms with Gasteiger partial charge in [-0.3, -0.25) is 9.69 Å². The van der Waals surface area contributed by atoms with Crippen LogP contribution in [0.25, 0.3) is 0 Å². The number of piperidine rings is 1. The number of piperazine rings is 1. The summed E-state index contributed by atoms with van der Waals surface area (Å²) < 4.78 is 5.18. The molecule has 0 spiro atoms. The van der Waals surface area contributed by atoms with Gasteiger partial charge in [0.2, 0.25) is 5.91 Å². The van der Waals surface area contributed by atoms with Crippen LogP contribution >= 0.6 is 0 Å². The number of carboxylic acids is 2. The first kappa shape index (κ1) is 25.4. The van der Waals surface area contributed by atoms with E-state index in [0.29, 0.717) is 18.2 Å². The molecule has 0 aromatic heterocycles. The standard InChI is InChI=1S/C20H31N3O3.C2H2O4/c1-3-21-11-13-23(14-12-21)20(25)16-7-9-22(10-8-16)15-17-5-4-6-18(26-2)19(17)24;3-1(4)2(5)6/h4-6,16,24H,3,7-15H2,1-2H3;(H,3,4)(H,5,6). The second-order valence-corrected chi connectivity index (χ2v) is 7.89. The number of carbonyl (C=O) groups is 3. The average molecular weight is 452 g/mol. The minimum Gasteiger partial charge on any atom is -0.504 e. The number of likely N-dealkylation sites (tertiary alicyclic amines) is 1. The van der Waals surface area contributed by atoms with E-state index in [-0.39, 0.29) is 11.7 Å². The predicted molar refractivity (Wildman–Crippen MR) is 117 cm³/mol. The number of phenolic OH excluding ortho intramolecular Hbond substituents is 1. The maximum absolute atomic E-state index is 12.8. The average Bonchev–Trinajstić information content (AvgIpc) is 2.81. The Bertz CT molecular complexity index is 774. The number of carbonyl (C=O) groups excluding carboxylic acids is 1. The number of aromatic hydroxyl groups is 1. The number of nitrogens with zero attached hydrogens (tertiary/aromatic N) is 3. The van der Waals surface area contributed by atoms with Crippen LogP contribution in [0.1, 0.15) is 25.3 Å². The number of amides is 1. The minimum absolute atomic E-state index is 0.151. The number of benzene rings is 1. The van der Waals surface area contributed by atoms with E-state index in [4.69, 9.17) is 24.5 Å². The summed E-state index contributed by atoms with van der Waals surface area (Å²) in [7, 11) is 1.57. The van der Waals surface area contributed by atoms with Gasteiger partial charge in [0.25, 0.3) is 0 Å². The van der Waals surface area contributed by atoms with Gasteiger partial charge in [-0.2, -0.15) is 0 Å². The highest BCUT2D eigenvalue weighted by molar-refractivity contribution is 6.27. The normalized spacial score (nSPS) is 17.9. The molecule has 32 heavy (non-hydrogen) atoms. The molecule has 1 amide bonds. The zero-order valence-corrected chi connectivity index (χ0v) is 18.7. The van der Waals surface area contributed by atoms with Gasteiger partial charge in [0, 0.05) is 44.2 Å². The Morgan fingerprint density at radius 2 is 1.56 bits per heavy atom. The maximum Gasteiger partial charge on any atom is 0.414 e. The molecule has 2 heterocycles. The second kappa shape index (κ2) is 12.3. The molecular weight excluding hydrogens is 418 g/mol. The molecule has 3 N–H and O–H groups in total. The largest absolute Gasteiger partial charge is 0.504 e. The Kier molecular flexibility index (Phi) is 9.73. The smallest absolute Gasteiger partial charge is 0.414 e. The zero-order valence-electron chi connectivity index (χ0n) is 18.7. The number of para-hydroxylation sites is 1. The molecule has 0 aliphatic carbocycles. The lowest BCUT2D eigenvalue weighted by Gasteiger charge is -2.38. The van der Waals surface area contributed by atoms with Gasteiger partial charge in [0.15, 0.2) is 11.5 Å². The third-order valence-electron chi connectivity index (χ3n) is 5.95. The summed E-state index contributed by atoms with van der Waals surface area (Å²) in [5, 5.41) is 25.0. The molecule has 10 nitrogen and oxygen atoms in total. The van der Waals surface area contributed by atoms with E-state index >= 15 is 0 Å². The van der Waals surface area contributed by atoms with E-state index in [1.165, 1.54) is 0 Å². The molecule has 0 atom stereocenters. The van der Waals surface area contributed by atoms with E-state index in [9.17, 15) is 9.90 Å². The molecule has 3 rings (SSSR count). The van der Waals surface area contributed by atoms with Crippen LogP contribution in [-0.2, 0) is 20.9 Å². The van der Waals surface area contributed by atoms with Gasteiger partial charge in [-0.05, 0) is 38.5 Å². The fraction of sp³-hybridized carbons (Fsp3) is 0.591. The SMILES string of the molecule is CCN1CCN(C(=O)C2CCN(Cc3cccc(OC)c3O)CC2)CC1.O=C(O)C(=O)O. The number of rotatable bonds is 5. The topological polar surface area (TPSA) is 131 Å². The van der Waals surface area contributed by atoms with Gasteiger partial charge in [-0.1, -0.05) is 19.1 Å². The summed E-state index contributed by atoms with van der Waals surface area (Å²) in [6.07, 6.45) is 1.80. The quantitative estimate of drug-likeness (QED) is 0.560. The highest BCUT2D eigenvalue weighted by atomic mass is 16.5. The van der Waals surface area contributed by atoms with Crippen molar-refractivity contribution in [3.63, 3.8) is 0 Å². The number of aliphatic carboxylic acids is 2. The Morgan fingerprint density at radius 1 is 0.969 bits per heavy atom. The van der Waals surface area contributed by atoms with Gasteiger partial charge in [-0.15, -0.1) is 0 Å². The molecule has 2 aliphatic heterocycles. The number of carboxylic acid groups (broad SMARTS) is 2. The molecular formula is C22H33N3O7. The Hall–Kier alpha value is -2.85. The summed E-state index contributed by atoms with van der Waals surface area (Å²) >= 11 is 0. The summed E-state index contributed by atoms with van der Waals surface area (Å²) in [4.78, 5) is 37.7. The van der Waals surface area contributed by atoms with Crippen LogP contribution in [0.4, 0.5) is 0 Å². The molecule has 0 unspecified atom stereocenters. The first-order valence-electron chi connectivity index (χ1n) is 10.8. The molecule has 0 radical (unpaired) electrons. The molecule has 10 heteroatoms. The Balaban J connectivity index is 0.000000534. The fourth-order valence-corrected chi connectivity index (χ4v) is 3.98. The van der Waals surface area contributed by atoms with Gasteiger partial charge in [-0.25, -0.2) is 9.59 Å². The van der Waals surface area contributed by atoms with Crippen molar-refractivity contribution >= 4 is 17.8 Å². The predicted octanol–water partition coefficient (Wildman–Crippen LogP) is 0.933. The van der Waals surface area contributed by atoms with Crippen LogP contribution in [-0.4, -0.2) is 101 Å². The molecule has 178 valence electrons. The van der Waals surface area contributed by atoms with Gasteiger partial charge >= 0.3 is 11.9 Å². The Morgan fingerprint density at radius 3 is 2.06 bits per heavy atom. The van der Waals surface area contributed by atoms with Crippen LogP contribution in [0, 0.1) is 5.92 Å². The minimum atomic E-state index is -1.82. The van der Waals surface area contributed by atoms with Crippen LogP contribution in [0.5, 0.6) is 11.5 Å². The van der Waals surface area contributed by atoms with Gasteiger partial charge in [0.05, 0.1) is 7.11 Å². The van der Waals surface area contributed by atoms with Crippen LogP contribution in [0.3, 0.4) is 0 Å². The summed E-state index contributed by atoms with van der Waals surface area (Å²) in [5.41, 5.74) is 0.879. The van der Waals surface area contributed by atoms with Gasteiger partial charge < -0.3 is 29.9 Å². The first-order chi connectivity index (χ1) is 15.3. The van der Waals surface area contributed by atoms with Crippen molar-refractivity contribution in [2.75, 3.05) is 52.9 Å². The van der Waals surface area contributed by atoms with Crippen LogP contribution < -0.4 is 4.74 Å². The first-order valence-corrected chi connectivity index (χ1v) is 10.8. The number of hydrogen-bond donors (Lipinski definition) is 3. The molecule has 0 bridgehead atoms. The van der Waals surface area contributed by atoms with Crippen molar-refractivity contribution in [1.29, 1.82) is 0 Å². The highest BCUT2D eigenvalue weighted by Gasteiger charge is 2.30. The van der Waals surface area contributed by atoms with Gasteiger partial charge in [0.1, 0.15) is 0 Å². The molecule has 2 saturated heterocycles. The number of methoxy groups -OCH3 is 1. The molecule has 1 aromatic rings. The molecule has 2 aliphatic rings. The summed E-state index contributed by atoms with van der Waals surface area (Å²) in [6, 6.07) is 5.60. The number of hydrogen-bond acceptors (Lipinski definition) is 7. The Labute approximate surface area is 188 Å². The van der Waals surface area contributed by atoms with E-state index in [1.807, 2.05) is 12.1 Å². The lowest BCUT2D eigenvalue weighted by molar-refractivity contribution is -0.159. The number of ether oxygens (including phenoxy) is 1. The zero-order chi connectivity index (χ0) is 23.7. The molecule has 1 aromatic carbocycles. The summed E-state index contributed by atoms with van der Waals surface area (Å²) in [5.74, 6) is -2.42. The van der Waals surface area contributed by atoms with E-state index < -0.39 is 11.9 Å². The molecule has 0 saturated carbocycles. The number of likely N-dealkylation sites (N-methyl/N-ethyl adjacent to an activating group) is 1. The van der Waals surface area contributed by atoms with Crippen LogP contribution in [0.15, 0.2) is 18.2 Å². The summed E-state index contributed by atoms with van der Waals surface area (Å²) in [6.45, 7) is 9.44.